The number of nitrogens with zero attached hydrogens (tertiary/aromatic N) is 1. The quantitative estimate of drug-likeness (QED) is 0.748. The second-order valence-electron chi connectivity index (χ2n) is 4.43. The third kappa shape index (κ3) is 4.66. The Bertz CT molecular complexity index is 637. The first kappa shape index (κ1) is 15.1. The molecule has 2 aromatic rings. The van der Waals surface area contributed by atoms with Crippen molar-refractivity contribution in [1.29, 1.82) is 0 Å². The number of hydrogen-bond acceptors (Lipinski definition) is 5. The minimum Gasteiger partial charge on any atom is -0.481 e. The van der Waals surface area contributed by atoms with Crippen molar-refractivity contribution >= 4 is 28.9 Å². The molecule has 0 spiro atoms. The number of rotatable bonds is 6. The van der Waals surface area contributed by atoms with E-state index in [0.29, 0.717) is 23.5 Å². The van der Waals surface area contributed by atoms with E-state index in [9.17, 15) is 9.59 Å². The summed E-state index contributed by atoms with van der Waals surface area (Å²) in [5, 5.41) is 14.0. The number of hydrogen-bond donors (Lipinski definition) is 3. The Morgan fingerprint density at radius 1 is 1.24 bits per heavy atom. The van der Waals surface area contributed by atoms with Gasteiger partial charge in [-0.3, -0.25) is 9.59 Å². The number of carbonyl (C=O) groups excluding carboxylic acids is 1. The smallest absolute Gasteiger partial charge is 0.307 e. The Morgan fingerprint density at radius 3 is 2.52 bits per heavy atom. The number of thiazole rings is 1. The van der Waals surface area contributed by atoms with E-state index in [0.717, 1.165) is 5.01 Å². The first-order chi connectivity index (χ1) is 10.1. The maximum absolute atomic E-state index is 11.9. The molecule has 1 aromatic heterocycles. The second kappa shape index (κ2) is 6.96. The number of nitrogens with one attached hydrogen (secondary N) is 1. The molecule has 0 aliphatic rings. The Balaban J connectivity index is 1.91. The van der Waals surface area contributed by atoms with Crippen LogP contribution in [0.25, 0.3) is 0 Å². The Labute approximate surface area is 125 Å². The average molecular weight is 305 g/mol. The molecule has 0 aliphatic carbocycles. The van der Waals surface area contributed by atoms with Crippen LogP contribution in [-0.2, 0) is 29.0 Å². The SMILES string of the molecule is NCc1nc(CC(=O)Nc2ccc(CC(=O)O)cc2)cs1. The first-order valence-corrected chi connectivity index (χ1v) is 7.18. The van der Waals surface area contributed by atoms with Gasteiger partial charge >= 0.3 is 5.97 Å². The van der Waals surface area contributed by atoms with E-state index in [1.165, 1.54) is 11.3 Å². The number of anilines is 1. The molecule has 6 nitrogen and oxygen atoms in total. The van der Waals surface area contributed by atoms with Crippen molar-refractivity contribution in [2.75, 3.05) is 5.32 Å². The molecule has 0 saturated heterocycles. The summed E-state index contributed by atoms with van der Waals surface area (Å²) >= 11 is 1.43. The third-order valence-electron chi connectivity index (χ3n) is 2.71. The van der Waals surface area contributed by atoms with E-state index in [1.807, 2.05) is 5.38 Å². The van der Waals surface area contributed by atoms with Gasteiger partial charge in [-0.15, -0.1) is 11.3 Å². The molecule has 0 saturated carbocycles. The van der Waals surface area contributed by atoms with E-state index < -0.39 is 5.97 Å². The number of carbonyl (C=O) groups is 2. The summed E-state index contributed by atoms with van der Waals surface area (Å²) in [4.78, 5) is 26.7. The molecular formula is C14H15N3O3S. The molecule has 0 aliphatic heterocycles. The van der Waals surface area contributed by atoms with Gasteiger partial charge in [0.2, 0.25) is 5.91 Å². The lowest BCUT2D eigenvalue weighted by Crippen LogP contribution is -2.14. The lowest BCUT2D eigenvalue weighted by Gasteiger charge is -2.05. The van der Waals surface area contributed by atoms with Gasteiger partial charge in [-0.05, 0) is 17.7 Å². The summed E-state index contributed by atoms with van der Waals surface area (Å²) in [5.41, 5.74) is 7.48. The monoisotopic (exact) mass is 305 g/mol. The maximum atomic E-state index is 11.9. The minimum atomic E-state index is -0.883. The zero-order chi connectivity index (χ0) is 15.2. The van der Waals surface area contributed by atoms with Crippen molar-refractivity contribution in [2.24, 2.45) is 5.73 Å². The highest BCUT2D eigenvalue weighted by Gasteiger charge is 2.08. The van der Waals surface area contributed by atoms with Crippen molar-refractivity contribution in [3.63, 3.8) is 0 Å². The van der Waals surface area contributed by atoms with E-state index in [1.54, 1.807) is 24.3 Å². The van der Waals surface area contributed by atoms with Crippen molar-refractivity contribution < 1.29 is 14.7 Å². The fourth-order valence-corrected chi connectivity index (χ4v) is 2.45. The molecule has 0 bridgehead atoms. The predicted molar refractivity (Wildman–Crippen MR) is 80.1 cm³/mol. The molecule has 110 valence electrons. The lowest BCUT2D eigenvalue weighted by atomic mass is 10.1. The van der Waals surface area contributed by atoms with Crippen LogP contribution in [0.2, 0.25) is 0 Å². The molecule has 0 unspecified atom stereocenters. The van der Waals surface area contributed by atoms with Gasteiger partial charge in [0, 0.05) is 17.6 Å². The Morgan fingerprint density at radius 2 is 1.95 bits per heavy atom. The van der Waals surface area contributed by atoms with Crippen molar-refractivity contribution in [3.8, 4) is 0 Å². The van der Waals surface area contributed by atoms with Crippen LogP contribution in [0.4, 0.5) is 5.69 Å². The van der Waals surface area contributed by atoms with Gasteiger partial charge < -0.3 is 16.2 Å². The molecule has 1 amide bonds. The first-order valence-electron chi connectivity index (χ1n) is 6.30. The zero-order valence-electron chi connectivity index (χ0n) is 11.2. The van der Waals surface area contributed by atoms with Crippen LogP contribution < -0.4 is 11.1 Å². The number of carboxylic acid groups (broad SMARTS) is 1. The highest BCUT2D eigenvalue weighted by molar-refractivity contribution is 7.09. The fourth-order valence-electron chi connectivity index (χ4n) is 1.77. The molecule has 2 rings (SSSR count). The van der Waals surface area contributed by atoms with Crippen LogP contribution in [0, 0.1) is 0 Å². The van der Waals surface area contributed by atoms with E-state index in [4.69, 9.17) is 10.8 Å². The number of aromatic nitrogens is 1. The molecule has 0 radical (unpaired) electrons. The number of benzene rings is 1. The molecular weight excluding hydrogens is 290 g/mol. The topological polar surface area (TPSA) is 105 Å². The van der Waals surface area contributed by atoms with Gasteiger partial charge in [-0.1, -0.05) is 12.1 Å². The lowest BCUT2D eigenvalue weighted by molar-refractivity contribution is -0.136. The van der Waals surface area contributed by atoms with Crippen LogP contribution in [0.15, 0.2) is 29.6 Å². The highest BCUT2D eigenvalue weighted by atomic mass is 32.1. The van der Waals surface area contributed by atoms with Crippen molar-refractivity contribution in [2.45, 2.75) is 19.4 Å². The summed E-state index contributed by atoms with van der Waals surface area (Å²) in [6.07, 6.45) is 0.155. The molecule has 1 aromatic carbocycles. The standard InChI is InChI=1S/C14H15N3O3S/c15-7-13-17-11(8-21-13)6-12(18)16-10-3-1-9(2-4-10)5-14(19)20/h1-4,8H,5-7,15H2,(H,16,18)(H,19,20). The van der Waals surface area contributed by atoms with E-state index >= 15 is 0 Å². The fraction of sp³-hybridized carbons (Fsp3) is 0.214. The second-order valence-corrected chi connectivity index (χ2v) is 5.37. The largest absolute Gasteiger partial charge is 0.481 e. The molecule has 4 N–H and O–H groups in total. The van der Waals surface area contributed by atoms with Crippen LogP contribution in [-0.4, -0.2) is 22.0 Å². The summed E-state index contributed by atoms with van der Waals surface area (Å²) < 4.78 is 0. The van der Waals surface area contributed by atoms with Gasteiger partial charge in [0.25, 0.3) is 0 Å². The van der Waals surface area contributed by atoms with Gasteiger partial charge in [0.1, 0.15) is 5.01 Å². The molecule has 1 heterocycles. The predicted octanol–water partition coefficient (Wildman–Crippen LogP) is 1.41. The number of amides is 1. The number of nitrogens with two attached hydrogens (primary N) is 1. The molecule has 21 heavy (non-hydrogen) atoms. The summed E-state index contributed by atoms with van der Waals surface area (Å²) in [6, 6.07) is 6.73. The van der Waals surface area contributed by atoms with Gasteiger partial charge in [-0.25, -0.2) is 4.98 Å². The number of carboxylic acids is 1. The minimum absolute atomic E-state index is 0.0328. The zero-order valence-corrected chi connectivity index (χ0v) is 12.0. The van der Waals surface area contributed by atoms with E-state index in [2.05, 4.69) is 10.3 Å². The summed E-state index contributed by atoms with van der Waals surface area (Å²) in [6.45, 7) is 0.372. The van der Waals surface area contributed by atoms with Crippen molar-refractivity contribution in [1.82, 2.24) is 4.98 Å². The third-order valence-corrected chi connectivity index (χ3v) is 3.63. The molecule has 0 atom stereocenters. The van der Waals surface area contributed by atoms with Gasteiger partial charge in [-0.2, -0.15) is 0 Å². The highest BCUT2D eigenvalue weighted by Crippen LogP contribution is 2.13. The Hall–Kier alpha value is -2.25. The summed E-state index contributed by atoms with van der Waals surface area (Å²) in [7, 11) is 0. The average Bonchev–Trinajstić information content (AvgIpc) is 2.88. The Kier molecular flexibility index (Phi) is 5.02. The summed E-state index contributed by atoms with van der Waals surface area (Å²) in [5.74, 6) is -1.05. The van der Waals surface area contributed by atoms with Crippen molar-refractivity contribution in [3.05, 3.63) is 45.9 Å². The van der Waals surface area contributed by atoms with Gasteiger partial charge in [0.15, 0.2) is 0 Å². The number of aliphatic carboxylic acids is 1. The van der Waals surface area contributed by atoms with Crippen LogP contribution in [0.5, 0.6) is 0 Å². The molecule has 0 fully saturated rings. The van der Waals surface area contributed by atoms with E-state index in [-0.39, 0.29) is 18.7 Å². The van der Waals surface area contributed by atoms with Crippen LogP contribution in [0.1, 0.15) is 16.3 Å². The van der Waals surface area contributed by atoms with Crippen LogP contribution >= 0.6 is 11.3 Å². The van der Waals surface area contributed by atoms with Gasteiger partial charge in [0.05, 0.1) is 18.5 Å². The van der Waals surface area contributed by atoms with Crippen LogP contribution in [0.3, 0.4) is 0 Å². The molecule has 7 heteroatoms. The maximum Gasteiger partial charge on any atom is 0.307 e. The normalized spacial score (nSPS) is 10.3.